The number of carbonyl (C=O) groups excluding carboxylic acids is 1. The van der Waals surface area contributed by atoms with Crippen LogP contribution in [0, 0.1) is 42.4 Å². The molecule has 6 aliphatic rings. The third kappa shape index (κ3) is 8.65. The number of ether oxygens (including phenoxy) is 1. The van der Waals surface area contributed by atoms with Gasteiger partial charge in [-0.2, -0.15) is 10.2 Å². The van der Waals surface area contributed by atoms with Gasteiger partial charge >= 0.3 is 0 Å². The number of piperidine rings is 2. The lowest BCUT2D eigenvalue weighted by Gasteiger charge is -2.35. The highest BCUT2D eigenvalue weighted by Gasteiger charge is 2.56. The Balaban J connectivity index is 0.000000177. The van der Waals surface area contributed by atoms with E-state index >= 15 is 0 Å². The van der Waals surface area contributed by atoms with Crippen molar-refractivity contribution in [2.45, 2.75) is 83.8 Å². The van der Waals surface area contributed by atoms with Crippen LogP contribution in [0.15, 0.2) is 36.7 Å². The molecule has 57 heavy (non-hydrogen) atoms. The number of aromatic nitrogens is 8. The SMILES string of the molecule is Cc1nn(C)cc1-c1ccc(NCC2CC23CCN(C(=O)[C@H]2C[C@@H]4CC[C@H]2O4)CC3)nn1.Cc1nn(C)cc1-c1ccc(NCC2CC23CCNCC3)nn1.Cl.Cl. The molecule has 16 heteroatoms. The Morgan fingerprint density at radius 2 is 1.30 bits per heavy atom. The lowest BCUT2D eigenvalue weighted by Crippen LogP contribution is -2.45. The molecule has 8 heterocycles. The van der Waals surface area contributed by atoms with Crippen LogP contribution in [0.4, 0.5) is 11.6 Å². The van der Waals surface area contributed by atoms with Crippen LogP contribution in [0.2, 0.25) is 0 Å². The van der Waals surface area contributed by atoms with Gasteiger partial charge in [-0.25, -0.2) is 0 Å². The second-order valence-corrected chi connectivity index (χ2v) is 17.3. The van der Waals surface area contributed by atoms with Crippen LogP contribution in [0.5, 0.6) is 0 Å². The van der Waals surface area contributed by atoms with E-state index in [4.69, 9.17) is 4.74 Å². The molecule has 5 atom stereocenters. The zero-order valence-electron chi connectivity index (χ0n) is 33.6. The molecular formula is C41H58Cl2N12O2. The molecule has 4 aliphatic heterocycles. The van der Waals surface area contributed by atoms with E-state index in [1.807, 2.05) is 69.3 Å². The molecule has 4 aromatic rings. The fraction of sp³-hybridized carbons (Fsp3) is 0.634. The van der Waals surface area contributed by atoms with Gasteiger partial charge in [-0.3, -0.25) is 14.2 Å². The molecule has 2 spiro atoms. The number of nitrogens with zero attached hydrogens (tertiary/aromatic N) is 9. The Bertz CT molecular complexity index is 1990. The van der Waals surface area contributed by atoms with E-state index in [0.717, 1.165) is 110 Å². The van der Waals surface area contributed by atoms with E-state index in [1.54, 1.807) is 4.68 Å². The lowest BCUT2D eigenvalue weighted by molar-refractivity contribution is -0.138. The summed E-state index contributed by atoms with van der Waals surface area (Å²) in [6.45, 7) is 10.1. The molecule has 0 aromatic carbocycles. The summed E-state index contributed by atoms with van der Waals surface area (Å²) in [5, 5.41) is 36.6. The first-order chi connectivity index (χ1) is 26.7. The van der Waals surface area contributed by atoms with Gasteiger partial charge in [0, 0.05) is 63.8 Å². The van der Waals surface area contributed by atoms with Crippen molar-refractivity contribution in [3.05, 3.63) is 48.0 Å². The van der Waals surface area contributed by atoms with Crippen molar-refractivity contribution in [2.75, 3.05) is 49.9 Å². The molecule has 14 nitrogen and oxygen atoms in total. The normalized spacial score (nSPS) is 25.9. The summed E-state index contributed by atoms with van der Waals surface area (Å²) in [5.74, 6) is 3.62. The van der Waals surface area contributed by atoms with Gasteiger partial charge < -0.3 is 25.6 Å². The van der Waals surface area contributed by atoms with Crippen LogP contribution in [-0.2, 0) is 23.6 Å². The maximum absolute atomic E-state index is 13.0. The van der Waals surface area contributed by atoms with Crippen molar-refractivity contribution >= 4 is 42.4 Å². The molecule has 308 valence electrons. The number of likely N-dealkylation sites (tertiary alicyclic amines) is 1. The van der Waals surface area contributed by atoms with Crippen molar-refractivity contribution in [1.29, 1.82) is 0 Å². The number of rotatable bonds is 9. The fourth-order valence-corrected chi connectivity index (χ4v) is 10.2. The predicted octanol–water partition coefficient (Wildman–Crippen LogP) is 5.62. The third-order valence-corrected chi connectivity index (χ3v) is 13.8. The summed E-state index contributed by atoms with van der Waals surface area (Å²) in [4.78, 5) is 15.1. The van der Waals surface area contributed by atoms with Crippen molar-refractivity contribution < 1.29 is 9.53 Å². The molecule has 1 amide bonds. The largest absolute Gasteiger partial charge is 0.374 e. The van der Waals surface area contributed by atoms with E-state index in [0.29, 0.717) is 28.8 Å². The number of fused-ring (bicyclic) bond motifs is 2. The molecule has 4 saturated heterocycles. The zero-order valence-corrected chi connectivity index (χ0v) is 35.2. The zero-order chi connectivity index (χ0) is 37.7. The number of halogens is 2. The predicted molar refractivity (Wildman–Crippen MR) is 224 cm³/mol. The molecule has 10 rings (SSSR count). The second-order valence-electron chi connectivity index (χ2n) is 17.3. The molecule has 6 fully saturated rings. The lowest BCUT2D eigenvalue weighted by atomic mass is 9.86. The quantitative estimate of drug-likeness (QED) is 0.193. The summed E-state index contributed by atoms with van der Waals surface area (Å²) in [7, 11) is 3.84. The van der Waals surface area contributed by atoms with E-state index in [-0.39, 0.29) is 36.8 Å². The first-order valence-electron chi connectivity index (χ1n) is 20.5. The van der Waals surface area contributed by atoms with Crippen LogP contribution in [0.25, 0.3) is 22.5 Å². The molecule has 3 N–H and O–H groups in total. The first-order valence-corrected chi connectivity index (χ1v) is 20.5. The topological polar surface area (TPSA) is 153 Å². The van der Waals surface area contributed by atoms with Crippen molar-refractivity contribution in [2.24, 2.45) is 42.7 Å². The molecule has 2 aliphatic carbocycles. The molecule has 0 radical (unpaired) electrons. The van der Waals surface area contributed by atoms with Crippen LogP contribution in [-0.4, -0.2) is 102 Å². The molecule has 2 saturated carbocycles. The highest BCUT2D eigenvalue weighted by atomic mass is 35.5. The Labute approximate surface area is 347 Å². The number of anilines is 2. The summed E-state index contributed by atoms with van der Waals surface area (Å²) in [5.41, 5.74) is 6.75. The molecule has 4 aromatic heterocycles. The minimum atomic E-state index is 0. The number of hydrogen-bond donors (Lipinski definition) is 3. The Hall–Kier alpha value is -3.85. The van der Waals surface area contributed by atoms with E-state index in [9.17, 15) is 4.79 Å². The van der Waals surface area contributed by atoms with Crippen molar-refractivity contribution in [3.63, 3.8) is 0 Å². The van der Waals surface area contributed by atoms with Gasteiger partial charge in [0.15, 0.2) is 0 Å². The van der Waals surface area contributed by atoms with Gasteiger partial charge in [0.05, 0.1) is 40.9 Å². The van der Waals surface area contributed by atoms with Gasteiger partial charge in [0.25, 0.3) is 0 Å². The highest BCUT2D eigenvalue weighted by Crippen LogP contribution is 2.60. The number of amides is 1. The van der Waals surface area contributed by atoms with Crippen LogP contribution >= 0.6 is 24.8 Å². The van der Waals surface area contributed by atoms with Crippen LogP contribution in [0.1, 0.15) is 69.2 Å². The van der Waals surface area contributed by atoms with E-state index in [2.05, 4.69) is 51.4 Å². The van der Waals surface area contributed by atoms with Gasteiger partial charge in [0.1, 0.15) is 11.6 Å². The second kappa shape index (κ2) is 16.8. The van der Waals surface area contributed by atoms with E-state index in [1.165, 1.54) is 38.8 Å². The van der Waals surface area contributed by atoms with Gasteiger partial charge in [0.2, 0.25) is 5.91 Å². The number of hydrogen-bond acceptors (Lipinski definition) is 11. The number of aryl methyl sites for hydroxylation is 4. The Morgan fingerprint density at radius 1 is 0.772 bits per heavy atom. The van der Waals surface area contributed by atoms with Crippen LogP contribution in [0.3, 0.4) is 0 Å². The summed E-state index contributed by atoms with van der Waals surface area (Å²) < 4.78 is 9.52. The molecular weight excluding hydrogens is 763 g/mol. The monoisotopic (exact) mass is 820 g/mol. The van der Waals surface area contributed by atoms with Gasteiger partial charge in [-0.15, -0.1) is 45.2 Å². The minimum Gasteiger partial charge on any atom is -0.374 e. The van der Waals surface area contributed by atoms with Crippen molar-refractivity contribution in [3.8, 4) is 22.5 Å². The fourth-order valence-electron chi connectivity index (χ4n) is 10.2. The maximum atomic E-state index is 13.0. The van der Waals surface area contributed by atoms with E-state index < -0.39 is 0 Å². The standard InChI is InChI=1S/C24H32N6O2.C17H24N6.2ClH/c1-15-19(14-29(2)28-15)20-4-6-22(27-26-20)25-13-16-12-24(16)7-9-30(10-8-24)23(31)18-11-17-3-5-21(18)32-17;1-12-14(11-23(2)22-12)15-3-4-16(21-20-15)19-10-13-9-17(13)5-7-18-8-6-17;;/h4,6,14,16-18,21H,3,5,7-13H2,1-2H3,(H,25,27);3-4,11,13,18H,5-10H2,1-2H3,(H,19,21);2*1H/t16?,17-,18-,21+;;;/m0.../s1. The van der Waals surface area contributed by atoms with Crippen molar-refractivity contribution in [1.82, 2.24) is 50.2 Å². The Kier molecular flexibility index (Phi) is 12.2. The highest BCUT2D eigenvalue weighted by molar-refractivity contribution is 5.85. The number of carbonyl (C=O) groups is 1. The third-order valence-electron chi connectivity index (χ3n) is 13.8. The average Bonchev–Trinajstić information content (AvgIpc) is 3.63. The number of nitrogens with one attached hydrogen (secondary N) is 3. The summed E-state index contributed by atoms with van der Waals surface area (Å²) >= 11 is 0. The average molecular weight is 822 g/mol. The molecule has 2 bridgehead atoms. The summed E-state index contributed by atoms with van der Waals surface area (Å²) in [6, 6.07) is 8.05. The summed E-state index contributed by atoms with van der Waals surface area (Å²) in [6.07, 6.45) is 15.1. The smallest absolute Gasteiger partial charge is 0.228 e. The molecule has 2 unspecified atom stereocenters. The van der Waals surface area contributed by atoms with Gasteiger partial charge in [-0.05, 0) is 132 Å². The maximum Gasteiger partial charge on any atom is 0.228 e. The van der Waals surface area contributed by atoms with Crippen LogP contribution < -0.4 is 16.0 Å². The van der Waals surface area contributed by atoms with Gasteiger partial charge in [-0.1, -0.05) is 0 Å². The Morgan fingerprint density at radius 3 is 1.72 bits per heavy atom. The first kappa shape index (κ1) is 41.3. The minimum absolute atomic E-state index is 0.